The van der Waals surface area contributed by atoms with Gasteiger partial charge >= 0.3 is 0 Å². The summed E-state index contributed by atoms with van der Waals surface area (Å²) in [7, 11) is 1.67. The highest BCUT2D eigenvalue weighted by atomic mass is 16.5. The van der Waals surface area contributed by atoms with Crippen molar-refractivity contribution in [3.63, 3.8) is 0 Å². The monoisotopic (exact) mass is 259 g/mol. The molecule has 4 nitrogen and oxygen atoms in total. The Balaban J connectivity index is 1.99. The lowest BCUT2D eigenvalue weighted by Crippen LogP contribution is -2.25. The standard InChI is InChI=1S/C15H21N3O/c1-11(2)16-9-8-15-17-10-14(18-15)12-4-6-13(19-3)7-5-12/h4-7,10-11,16H,8-9H2,1-3H3,(H,17,18). The Kier molecular flexibility index (Phi) is 4.58. The average Bonchev–Trinajstić information content (AvgIpc) is 2.87. The molecule has 102 valence electrons. The van der Waals surface area contributed by atoms with Gasteiger partial charge in [0.15, 0.2) is 0 Å². The quantitative estimate of drug-likeness (QED) is 0.838. The number of imidazole rings is 1. The third-order valence-electron chi connectivity index (χ3n) is 2.94. The topological polar surface area (TPSA) is 49.9 Å². The molecule has 2 N–H and O–H groups in total. The molecule has 0 spiro atoms. The number of aromatic amines is 1. The molecule has 0 radical (unpaired) electrons. The Morgan fingerprint density at radius 2 is 2.00 bits per heavy atom. The molecule has 1 heterocycles. The summed E-state index contributed by atoms with van der Waals surface area (Å²) in [5.41, 5.74) is 2.17. The van der Waals surface area contributed by atoms with E-state index in [9.17, 15) is 0 Å². The fraction of sp³-hybridized carbons (Fsp3) is 0.400. The number of nitrogens with one attached hydrogen (secondary N) is 2. The summed E-state index contributed by atoms with van der Waals surface area (Å²) in [5, 5.41) is 3.38. The Morgan fingerprint density at radius 3 is 2.63 bits per heavy atom. The average molecular weight is 259 g/mol. The normalized spacial score (nSPS) is 10.9. The van der Waals surface area contributed by atoms with Crippen LogP contribution in [0.4, 0.5) is 0 Å². The van der Waals surface area contributed by atoms with Crippen LogP contribution in [0.15, 0.2) is 30.5 Å². The molecular formula is C15H21N3O. The molecule has 0 fully saturated rings. The zero-order chi connectivity index (χ0) is 13.7. The molecule has 1 aromatic heterocycles. The van der Waals surface area contributed by atoms with Gasteiger partial charge in [-0.15, -0.1) is 0 Å². The number of ether oxygens (including phenoxy) is 1. The van der Waals surface area contributed by atoms with E-state index in [-0.39, 0.29) is 0 Å². The second-order valence-electron chi connectivity index (χ2n) is 4.83. The van der Waals surface area contributed by atoms with Crippen molar-refractivity contribution in [3.8, 4) is 17.0 Å². The van der Waals surface area contributed by atoms with E-state index < -0.39 is 0 Å². The van der Waals surface area contributed by atoms with Gasteiger partial charge in [-0.05, 0) is 29.8 Å². The van der Waals surface area contributed by atoms with E-state index in [2.05, 4.69) is 29.1 Å². The Bertz CT molecular complexity index is 502. The lowest BCUT2D eigenvalue weighted by atomic mass is 10.2. The number of nitrogens with zero attached hydrogens (tertiary/aromatic N) is 1. The number of benzene rings is 1. The van der Waals surface area contributed by atoms with Crippen molar-refractivity contribution in [3.05, 3.63) is 36.3 Å². The molecule has 0 unspecified atom stereocenters. The third-order valence-corrected chi connectivity index (χ3v) is 2.94. The third kappa shape index (κ3) is 3.83. The summed E-state index contributed by atoms with van der Waals surface area (Å²) >= 11 is 0. The predicted molar refractivity (Wildman–Crippen MR) is 77.4 cm³/mol. The SMILES string of the molecule is COc1ccc(-c2cnc(CCNC(C)C)[nH]2)cc1. The van der Waals surface area contributed by atoms with Crippen molar-refractivity contribution in [2.45, 2.75) is 26.3 Å². The summed E-state index contributed by atoms with van der Waals surface area (Å²) in [4.78, 5) is 7.75. The van der Waals surface area contributed by atoms with E-state index in [0.717, 1.165) is 35.8 Å². The molecule has 0 aliphatic rings. The van der Waals surface area contributed by atoms with Gasteiger partial charge < -0.3 is 15.0 Å². The van der Waals surface area contributed by atoms with E-state index >= 15 is 0 Å². The van der Waals surface area contributed by atoms with Crippen molar-refractivity contribution in [1.29, 1.82) is 0 Å². The maximum absolute atomic E-state index is 5.15. The van der Waals surface area contributed by atoms with Crippen molar-refractivity contribution < 1.29 is 4.74 Å². The molecule has 0 saturated heterocycles. The molecule has 4 heteroatoms. The minimum atomic E-state index is 0.510. The molecule has 0 amide bonds. The first-order valence-corrected chi connectivity index (χ1v) is 6.60. The lowest BCUT2D eigenvalue weighted by Gasteiger charge is -2.05. The summed E-state index contributed by atoms with van der Waals surface area (Å²) < 4.78 is 5.15. The minimum Gasteiger partial charge on any atom is -0.497 e. The zero-order valence-electron chi connectivity index (χ0n) is 11.7. The van der Waals surface area contributed by atoms with Gasteiger partial charge in [-0.3, -0.25) is 0 Å². The van der Waals surface area contributed by atoms with Crippen LogP contribution in [0, 0.1) is 0 Å². The second kappa shape index (κ2) is 6.38. The van der Waals surface area contributed by atoms with Gasteiger partial charge in [0.25, 0.3) is 0 Å². The van der Waals surface area contributed by atoms with Gasteiger partial charge in [0.1, 0.15) is 11.6 Å². The fourth-order valence-corrected chi connectivity index (χ4v) is 1.89. The maximum Gasteiger partial charge on any atom is 0.118 e. The molecule has 0 bridgehead atoms. The second-order valence-corrected chi connectivity index (χ2v) is 4.83. The molecule has 2 rings (SSSR count). The Hall–Kier alpha value is -1.81. The summed E-state index contributed by atoms with van der Waals surface area (Å²) in [5.74, 6) is 1.88. The first-order valence-electron chi connectivity index (χ1n) is 6.60. The summed E-state index contributed by atoms with van der Waals surface area (Å²) in [6.07, 6.45) is 2.79. The largest absolute Gasteiger partial charge is 0.497 e. The van der Waals surface area contributed by atoms with Crippen LogP contribution in [0.3, 0.4) is 0 Å². The number of aromatic nitrogens is 2. The predicted octanol–water partition coefficient (Wildman–Crippen LogP) is 2.63. The van der Waals surface area contributed by atoms with Gasteiger partial charge in [-0.25, -0.2) is 4.98 Å². The molecule has 0 aliphatic carbocycles. The number of hydrogen-bond donors (Lipinski definition) is 2. The van der Waals surface area contributed by atoms with Crippen LogP contribution in [0.5, 0.6) is 5.75 Å². The summed E-state index contributed by atoms with van der Waals surface area (Å²) in [6, 6.07) is 8.48. The number of hydrogen-bond acceptors (Lipinski definition) is 3. The van der Waals surface area contributed by atoms with E-state index in [1.165, 1.54) is 0 Å². The smallest absolute Gasteiger partial charge is 0.118 e. The molecule has 2 aromatic rings. The first kappa shape index (κ1) is 13.6. The van der Waals surface area contributed by atoms with Crippen LogP contribution < -0.4 is 10.1 Å². The van der Waals surface area contributed by atoms with Crippen LogP contribution in [0.25, 0.3) is 11.3 Å². The van der Waals surface area contributed by atoms with Gasteiger partial charge in [0, 0.05) is 19.0 Å². The lowest BCUT2D eigenvalue weighted by molar-refractivity contribution is 0.415. The van der Waals surface area contributed by atoms with Crippen LogP contribution in [0.2, 0.25) is 0 Å². The number of H-pyrrole nitrogens is 1. The highest BCUT2D eigenvalue weighted by molar-refractivity contribution is 5.59. The van der Waals surface area contributed by atoms with E-state index in [1.807, 2.05) is 30.5 Å². The van der Waals surface area contributed by atoms with Crippen LogP contribution >= 0.6 is 0 Å². The van der Waals surface area contributed by atoms with Crippen molar-refractivity contribution in [2.24, 2.45) is 0 Å². The highest BCUT2D eigenvalue weighted by Crippen LogP contribution is 2.20. The molecular weight excluding hydrogens is 238 g/mol. The Morgan fingerprint density at radius 1 is 1.26 bits per heavy atom. The number of rotatable bonds is 6. The van der Waals surface area contributed by atoms with Crippen LogP contribution in [-0.2, 0) is 6.42 Å². The zero-order valence-corrected chi connectivity index (χ0v) is 11.7. The number of methoxy groups -OCH3 is 1. The first-order chi connectivity index (χ1) is 9.19. The molecule has 0 aliphatic heterocycles. The maximum atomic E-state index is 5.15. The summed E-state index contributed by atoms with van der Waals surface area (Å²) in [6.45, 7) is 5.23. The highest BCUT2D eigenvalue weighted by Gasteiger charge is 2.04. The van der Waals surface area contributed by atoms with E-state index in [0.29, 0.717) is 6.04 Å². The molecule has 19 heavy (non-hydrogen) atoms. The van der Waals surface area contributed by atoms with E-state index in [4.69, 9.17) is 4.74 Å². The van der Waals surface area contributed by atoms with Crippen LogP contribution in [-0.4, -0.2) is 29.7 Å². The van der Waals surface area contributed by atoms with Crippen molar-refractivity contribution in [1.82, 2.24) is 15.3 Å². The van der Waals surface area contributed by atoms with Crippen LogP contribution in [0.1, 0.15) is 19.7 Å². The minimum absolute atomic E-state index is 0.510. The van der Waals surface area contributed by atoms with Gasteiger partial charge in [-0.1, -0.05) is 13.8 Å². The van der Waals surface area contributed by atoms with E-state index in [1.54, 1.807) is 7.11 Å². The fourth-order valence-electron chi connectivity index (χ4n) is 1.89. The van der Waals surface area contributed by atoms with Crippen molar-refractivity contribution >= 4 is 0 Å². The molecule has 1 aromatic carbocycles. The molecule has 0 saturated carbocycles. The van der Waals surface area contributed by atoms with Gasteiger partial charge in [0.2, 0.25) is 0 Å². The Labute approximate surface area is 114 Å². The van der Waals surface area contributed by atoms with Crippen molar-refractivity contribution in [2.75, 3.05) is 13.7 Å². The molecule has 0 atom stereocenters. The van der Waals surface area contributed by atoms with Gasteiger partial charge in [-0.2, -0.15) is 0 Å². The van der Waals surface area contributed by atoms with Gasteiger partial charge in [0.05, 0.1) is 19.0 Å².